The van der Waals surface area contributed by atoms with Gasteiger partial charge in [-0.05, 0) is 59.7 Å². The van der Waals surface area contributed by atoms with Crippen LogP contribution in [-0.2, 0) is 16.1 Å². The average molecular weight is 610 g/mol. The largest absolute Gasteiger partial charge is 0.457 e. The van der Waals surface area contributed by atoms with Crippen LogP contribution in [-0.4, -0.2) is 38.2 Å². The van der Waals surface area contributed by atoms with E-state index in [0.29, 0.717) is 29.3 Å². The summed E-state index contributed by atoms with van der Waals surface area (Å²) in [6.45, 7) is -0.0185. The van der Waals surface area contributed by atoms with Crippen LogP contribution < -0.4 is 15.4 Å². The van der Waals surface area contributed by atoms with Gasteiger partial charge >= 0.3 is 6.03 Å². The van der Waals surface area contributed by atoms with Crippen molar-refractivity contribution < 1.29 is 24.1 Å². The number of thioether (sulfide) groups is 1. The van der Waals surface area contributed by atoms with Gasteiger partial charge in [-0.1, -0.05) is 66.4 Å². The number of carbonyl (C=O) groups is 1. The molecule has 3 atom stereocenters. The number of nitrogens with zero attached hydrogens (tertiary/aromatic N) is 2. The van der Waals surface area contributed by atoms with Gasteiger partial charge in [0.1, 0.15) is 17.8 Å². The zero-order chi connectivity index (χ0) is 30.1. The zero-order valence-electron chi connectivity index (χ0n) is 23.6. The molecule has 11 heteroatoms. The summed E-state index contributed by atoms with van der Waals surface area (Å²) in [6.07, 6.45) is 1.10. The summed E-state index contributed by atoms with van der Waals surface area (Å²) < 4.78 is 18.7. The van der Waals surface area contributed by atoms with Crippen LogP contribution in [0.2, 0.25) is 0 Å². The topological polar surface area (TPSA) is 131 Å². The maximum absolute atomic E-state index is 12.8. The number of benzene rings is 4. The van der Waals surface area contributed by atoms with E-state index in [4.69, 9.17) is 14.2 Å². The fourth-order valence-corrected chi connectivity index (χ4v) is 5.54. The number of carbonyl (C=O) groups excluding carboxylic acids is 1. The number of aliphatic hydroxyl groups excluding tert-OH is 1. The van der Waals surface area contributed by atoms with E-state index in [-0.39, 0.29) is 24.8 Å². The normalized spacial score (nSPS) is 18.0. The molecule has 1 fully saturated rings. The highest BCUT2D eigenvalue weighted by molar-refractivity contribution is 7.99. The zero-order valence-corrected chi connectivity index (χ0v) is 24.4. The molecule has 4 N–H and O–H groups in total. The summed E-state index contributed by atoms with van der Waals surface area (Å²) in [5.74, 6) is 2.06. The predicted molar refractivity (Wildman–Crippen MR) is 168 cm³/mol. The number of aromatic nitrogens is 3. The van der Waals surface area contributed by atoms with E-state index in [1.54, 1.807) is 24.3 Å². The van der Waals surface area contributed by atoms with E-state index in [2.05, 4.69) is 25.8 Å². The Hall–Kier alpha value is -4.68. The van der Waals surface area contributed by atoms with E-state index in [1.165, 1.54) is 18.1 Å². The summed E-state index contributed by atoms with van der Waals surface area (Å²) in [7, 11) is 0. The van der Waals surface area contributed by atoms with Crippen LogP contribution in [0.15, 0.2) is 115 Å². The molecular formula is C33H31N5O5S. The van der Waals surface area contributed by atoms with Crippen molar-refractivity contribution in [3.05, 3.63) is 126 Å². The van der Waals surface area contributed by atoms with Crippen LogP contribution in [0.1, 0.15) is 35.5 Å². The van der Waals surface area contributed by atoms with Gasteiger partial charge in [-0.3, -0.25) is 5.10 Å². The molecule has 0 bridgehead atoms. The van der Waals surface area contributed by atoms with Crippen LogP contribution in [0.25, 0.3) is 0 Å². The fourth-order valence-electron chi connectivity index (χ4n) is 4.75. The number of nitrogens with one attached hydrogen (secondary N) is 3. The lowest BCUT2D eigenvalue weighted by molar-refractivity contribution is -0.245. The third-order valence-electron chi connectivity index (χ3n) is 6.92. The van der Waals surface area contributed by atoms with Crippen molar-refractivity contribution in [2.75, 3.05) is 16.4 Å². The van der Waals surface area contributed by atoms with E-state index in [0.717, 1.165) is 27.6 Å². The van der Waals surface area contributed by atoms with Gasteiger partial charge in [0.15, 0.2) is 11.4 Å². The first kappa shape index (κ1) is 29.4. The second-order valence-electron chi connectivity index (χ2n) is 10.1. The van der Waals surface area contributed by atoms with Gasteiger partial charge in [-0.2, -0.15) is 5.10 Å². The van der Waals surface area contributed by atoms with Crippen molar-refractivity contribution in [2.45, 2.75) is 36.7 Å². The molecule has 0 saturated carbocycles. The summed E-state index contributed by atoms with van der Waals surface area (Å²) >= 11 is 1.53. The summed E-state index contributed by atoms with van der Waals surface area (Å²) in [5, 5.41) is 22.7. The molecule has 6 rings (SSSR count). The number of aromatic amines is 1. The van der Waals surface area contributed by atoms with Crippen LogP contribution in [0.5, 0.6) is 11.5 Å². The van der Waals surface area contributed by atoms with E-state index >= 15 is 0 Å². The van der Waals surface area contributed by atoms with Gasteiger partial charge in [0.05, 0.1) is 18.8 Å². The minimum atomic E-state index is -0.659. The van der Waals surface area contributed by atoms with Crippen molar-refractivity contribution in [1.29, 1.82) is 0 Å². The summed E-state index contributed by atoms with van der Waals surface area (Å²) in [4.78, 5) is 17.0. The van der Waals surface area contributed by atoms with Crippen LogP contribution in [0, 0.1) is 0 Å². The molecule has 0 unspecified atom stereocenters. The number of hydrogen-bond acceptors (Lipinski definition) is 8. The molecule has 4 aromatic carbocycles. The number of ether oxygens (including phenoxy) is 3. The lowest BCUT2D eigenvalue weighted by atomic mass is 10.0. The number of H-pyrrole nitrogens is 1. The number of para-hydroxylation sites is 1. The molecule has 224 valence electrons. The molecule has 2 heterocycles. The summed E-state index contributed by atoms with van der Waals surface area (Å²) in [6, 6.07) is 31.4. The molecular weight excluding hydrogens is 578 g/mol. The molecule has 1 aliphatic heterocycles. The molecule has 1 aliphatic rings. The highest BCUT2D eigenvalue weighted by Gasteiger charge is 2.32. The predicted octanol–water partition coefficient (Wildman–Crippen LogP) is 7.07. The Labute approximate surface area is 258 Å². The van der Waals surface area contributed by atoms with Gasteiger partial charge in [0.25, 0.3) is 0 Å². The standard InChI is InChI=1S/C33H31N5O5S/c39-19-22-9-11-23(12-10-22)30-18-29(20-44-33-34-21-35-38-33)42-31(43-30)24-5-4-6-26(17-24)37-32(40)36-25-13-15-28(16-14-25)41-27-7-2-1-3-8-27/h1-17,21,29-31,39H,18-20H2,(H,34,35,38)(H2,36,37,40)/t29-,30+,31+/m1/s1. The minimum absolute atomic E-state index is 0.0185. The Morgan fingerprint density at radius 2 is 1.66 bits per heavy atom. The highest BCUT2D eigenvalue weighted by atomic mass is 32.2. The lowest BCUT2D eigenvalue weighted by Crippen LogP contribution is -2.31. The van der Waals surface area contributed by atoms with Crippen molar-refractivity contribution in [3.8, 4) is 11.5 Å². The number of anilines is 2. The number of urea groups is 1. The van der Waals surface area contributed by atoms with Crippen LogP contribution >= 0.6 is 11.8 Å². The van der Waals surface area contributed by atoms with E-state index in [9.17, 15) is 9.90 Å². The van der Waals surface area contributed by atoms with Crippen molar-refractivity contribution in [2.24, 2.45) is 0 Å². The number of amides is 2. The third-order valence-corrected chi connectivity index (χ3v) is 7.93. The quantitative estimate of drug-likeness (QED) is 0.124. The first-order valence-corrected chi connectivity index (χ1v) is 15.1. The van der Waals surface area contributed by atoms with Gasteiger partial charge in [-0.15, -0.1) is 0 Å². The average Bonchev–Trinajstić information content (AvgIpc) is 3.59. The van der Waals surface area contributed by atoms with Crippen molar-refractivity contribution in [3.63, 3.8) is 0 Å². The Kier molecular flexibility index (Phi) is 9.48. The monoisotopic (exact) mass is 609 g/mol. The molecule has 2 amide bonds. The molecule has 44 heavy (non-hydrogen) atoms. The SMILES string of the molecule is O=C(Nc1ccc(Oc2ccccc2)cc1)Nc1cccc([C@H]2O[C@@H](CSc3ncn[nH]3)C[C@@H](c3ccc(CO)cc3)O2)c1. The first-order valence-electron chi connectivity index (χ1n) is 14.1. The highest BCUT2D eigenvalue weighted by Crippen LogP contribution is 2.39. The Bertz CT molecular complexity index is 1640. The maximum atomic E-state index is 12.8. The van der Waals surface area contributed by atoms with Gasteiger partial charge in [0, 0.05) is 29.1 Å². The van der Waals surface area contributed by atoms with Gasteiger partial charge in [0.2, 0.25) is 0 Å². The molecule has 1 saturated heterocycles. The third kappa shape index (κ3) is 7.82. The first-order chi connectivity index (χ1) is 21.6. The van der Waals surface area contributed by atoms with Crippen molar-refractivity contribution >= 4 is 29.2 Å². The van der Waals surface area contributed by atoms with E-state index < -0.39 is 6.29 Å². The van der Waals surface area contributed by atoms with Gasteiger partial charge < -0.3 is 30.0 Å². The van der Waals surface area contributed by atoms with Crippen LogP contribution in [0.4, 0.5) is 16.2 Å². The van der Waals surface area contributed by atoms with Crippen LogP contribution in [0.3, 0.4) is 0 Å². The number of rotatable bonds is 10. The smallest absolute Gasteiger partial charge is 0.323 e. The Morgan fingerprint density at radius 1 is 0.886 bits per heavy atom. The maximum Gasteiger partial charge on any atom is 0.323 e. The molecule has 0 radical (unpaired) electrons. The fraction of sp³-hybridized carbons (Fsp3) is 0.182. The minimum Gasteiger partial charge on any atom is -0.457 e. The molecule has 0 aliphatic carbocycles. The second kappa shape index (κ2) is 14.2. The molecule has 1 aromatic heterocycles. The number of aliphatic hydroxyl groups is 1. The van der Waals surface area contributed by atoms with Crippen molar-refractivity contribution in [1.82, 2.24) is 15.2 Å². The lowest BCUT2D eigenvalue weighted by Gasteiger charge is -2.36. The summed E-state index contributed by atoms with van der Waals surface area (Å²) in [5.41, 5.74) is 3.83. The molecule has 0 spiro atoms. The molecule has 5 aromatic rings. The second-order valence-corrected chi connectivity index (χ2v) is 11.1. The Morgan fingerprint density at radius 3 is 2.41 bits per heavy atom. The van der Waals surface area contributed by atoms with Gasteiger partial charge in [-0.25, -0.2) is 9.78 Å². The van der Waals surface area contributed by atoms with E-state index in [1.807, 2.05) is 78.9 Å². The Balaban J connectivity index is 1.11. The molecule has 10 nitrogen and oxygen atoms in total. The number of hydrogen-bond donors (Lipinski definition) is 4.